The highest BCUT2D eigenvalue weighted by Gasteiger charge is 2.18. The molecule has 5 heteroatoms. The summed E-state index contributed by atoms with van der Waals surface area (Å²) < 4.78 is 6.57. The van der Waals surface area contributed by atoms with Crippen molar-refractivity contribution < 1.29 is 9.53 Å². The van der Waals surface area contributed by atoms with Gasteiger partial charge in [0.05, 0.1) is 5.69 Å². The van der Waals surface area contributed by atoms with Crippen molar-refractivity contribution in [2.45, 2.75) is 46.1 Å². The predicted octanol–water partition coefficient (Wildman–Crippen LogP) is 6.11. The fourth-order valence-corrected chi connectivity index (χ4v) is 2.86. The first-order chi connectivity index (χ1) is 11.6. The summed E-state index contributed by atoms with van der Waals surface area (Å²) in [4.78, 5) is 12.4. The Bertz CT molecular complexity index is 784. The number of carbonyl (C=O) groups is 1. The molecule has 0 spiro atoms. The highest BCUT2D eigenvalue weighted by atomic mass is 79.9. The fraction of sp³-hybridized carbons (Fsp3) is 0.350. The van der Waals surface area contributed by atoms with Crippen molar-refractivity contribution in [3.05, 3.63) is 57.0 Å². The lowest BCUT2D eigenvalue weighted by Gasteiger charge is -2.21. The number of hydrogen-bond acceptors (Lipinski definition) is 2. The topological polar surface area (TPSA) is 38.3 Å². The summed E-state index contributed by atoms with van der Waals surface area (Å²) in [5.74, 6) is 0.406. The van der Waals surface area contributed by atoms with Crippen LogP contribution in [-0.4, -0.2) is 12.0 Å². The van der Waals surface area contributed by atoms with Gasteiger partial charge in [-0.3, -0.25) is 4.79 Å². The largest absolute Gasteiger partial charge is 0.481 e. The number of hydrogen-bond donors (Lipinski definition) is 1. The second-order valence-electron chi connectivity index (χ2n) is 7.10. The lowest BCUT2D eigenvalue weighted by Crippen LogP contribution is -2.30. The van der Waals surface area contributed by atoms with Crippen molar-refractivity contribution in [2.24, 2.45) is 0 Å². The lowest BCUT2D eigenvalue weighted by molar-refractivity contribution is -0.122. The van der Waals surface area contributed by atoms with E-state index in [2.05, 4.69) is 42.0 Å². The molecule has 2 rings (SSSR count). The smallest absolute Gasteiger partial charge is 0.265 e. The Hall–Kier alpha value is -1.52. The molecule has 1 atom stereocenters. The summed E-state index contributed by atoms with van der Waals surface area (Å²) in [5.41, 5.74) is 2.87. The fourth-order valence-electron chi connectivity index (χ4n) is 2.27. The Morgan fingerprint density at radius 3 is 2.44 bits per heavy atom. The number of aryl methyl sites for hydroxylation is 1. The number of amides is 1. The van der Waals surface area contributed by atoms with Gasteiger partial charge in [0.15, 0.2) is 6.10 Å². The SMILES string of the molecule is Cc1cc(OC(C)C(=O)Nc2ccc(C(C)(C)C)cc2Br)ccc1Cl. The summed E-state index contributed by atoms with van der Waals surface area (Å²) in [5, 5.41) is 3.57. The van der Waals surface area contributed by atoms with Gasteiger partial charge in [-0.15, -0.1) is 0 Å². The number of ether oxygens (including phenoxy) is 1. The molecule has 0 saturated heterocycles. The Labute approximate surface area is 162 Å². The minimum absolute atomic E-state index is 0.0495. The molecule has 0 aliphatic heterocycles. The van der Waals surface area contributed by atoms with Crippen LogP contribution in [0.15, 0.2) is 40.9 Å². The zero-order valence-electron chi connectivity index (χ0n) is 15.1. The van der Waals surface area contributed by atoms with Crippen LogP contribution in [0.25, 0.3) is 0 Å². The van der Waals surface area contributed by atoms with Crippen LogP contribution < -0.4 is 10.1 Å². The van der Waals surface area contributed by atoms with Crippen molar-refractivity contribution in [3.63, 3.8) is 0 Å². The summed E-state index contributed by atoms with van der Waals surface area (Å²) in [7, 11) is 0. The van der Waals surface area contributed by atoms with Crippen LogP contribution in [0.1, 0.15) is 38.8 Å². The molecule has 0 saturated carbocycles. The van der Waals surface area contributed by atoms with E-state index >= 15 is 0 Å². The first-order valence-corrected chi connectivity index (χ1v) is 9.28. The molecule has 1 N–H and O–H groups in total. The minimum atomic E-state index is -0.630. The first kappa shape index (κ1) is 19.8. The quantitative estimate of drug-likeness (QED) is 0.642. The average Bonchev–Trinajstić information content (AvgIpc) is 2.51. The van der Waals surface area contributed by atoms with Crippen LogP contribution in [0.3, 0.4) is 0 Å². The second kappa shape index (κ2) is 7.79. The molecule has 0 radical (unpaired) electrons. The van der Waals surface area contributed by atoms with Gasteiger partial charge in [-0.1, -0.05) is 38.4 Å². The molecule has 0 aromatic heterocycles. The Balaban J connectivity index is 2.07. The zero-order chi connectivity index (χ0) is 18.8. The molecule has 2 aromatic carbocycles. The third kappa shape index (κ3) is 5.23. The van der Waals surface area contributed by atoms with Gasteiger partial charge in [-0.05, 0) is 76.7 Å². The molecule has 1 unspecified atom stereocenters. The molecule has 0 aliphatic carbocycles. The molecule has 2 aromatic rings. The third-order valence-electron chi connectivity index (χ3n) is 3.90. The second-order valence-corrected chi connectivity index (χ2v) is 8.37. The minimum Gasteiger partial charge on any atom is -0.481 e. The van der Waals surface area contributed by atoms with E-state index in [9.17, 15) is 4.79 Å². The summed E-state index contributed by atoms with van der Waals surface area (Å²) >= 11 is 9.54. The molecular weight excluding hydrogens is 402 g/mol. The van der Waals surface area contributed by atoms with Crippen molar-refractivity contribution in [2.75, 3.05) is 5.32 Å². The molecule has 1 amide bonds. The van der Waals surface area contributed by atoms with Gasteiger partial charge >= 0.3 is 0 Å². The lowest BCUT2D eigenvalue weighted by atomic mass is 9.87. The molecule has 0 fully saturated rings. The maximum Gasteiger partial charge on any atom is 0.265 e. The monoisotopic (exact) mass is 423 g/mol. The molecule has 0 bridgehead atoms. The Kier molecular flexibility index (Phi) is 6.17. The van der Waals surface area contributed by atoms with Gasteiger partial charge < -0.3 is 10.1 Å². The van der Waals surface area contributed by atoms with Crippen LogP contribution in [0.5, 0.6) is 5.75 Å². The summed E-state index contributed by atoms with van der Waals surface area (Å²) in [6, 6.07) is 11.3. The van der Waals surface area contributed by atoms with Gasteiger partial charge in [0.25, 0.3) is 5.91 Å². The van der Waals surface area contributed by atoms with Crippen molar-refractivity contribution >= 4 is 39.1 Å². The van der Waals surface area contributed by atoms with Crippen LogP contribution in [-0.2, 0) is 10.2 Å². The van der Waals surface area contributed by atoms with Gasteiger partial charge in [0.1, 0.15) is 5.75 Å². The van der Waals surface area contributed by atoms with Crippen LogP contribution in [0, 0.1) is 6.92 Å². The molecule has 0 aliphatic rings. The normalized spacial score (nSPS) is 12.6. The zero-order valence-corrected chi connectivity index (χ0v) is 17.5. The van der Waals surface area contributed by atoms with Crippen LogP contribution in [0.2, 0.25) is 5.02 Å². The first-order valence-electron chi connectivity index (χ1n) is 8.11. The third-order valence-corrected chi connectivity index (χ3v) is 4.98. The van der Waals surface area contributed by atoms with E-state index in [-0.39, 0.29) is 11.3 Å². The van der Waals surface area contributed by atoms with E-state index in [0.29, 0.717) is 10.8 Å². The van der Waals surface area contributed by atoms with Crippen molar-refractivity contribution in [1.82, 2.24) is 0 Å². The summed E-state index contributed by atoms with van der Waals surface area (Å²) in [6.45, 7) is 10.1. The van der Waals surface area contributed by atoms with E-state index in [1.165, 1.54) is 5.56 Å². The van der Waals surface area contributed by atoms with Crippen molar-refractivity contribution in [1.29, 1.82) is 0 Å². The Morgan fingerprint density at radius 2 is 1.88 bits per heavy atom. The number of halogens is 2. The van der Waals surface area contributed by atoms with Gasteiger partial charge in [-0.2, -0.15) is 0 Å². The molecule has 134 valence electrons. The average molecular weight is 425 g/mol. The van der Waals surface area contributed by atoms with E-state index in [4.69, 9.17) is 16.3 Å². The Morgan fingerprint density at radius 1 is 1.20 bits per heavy atom. The van der Waals surface area contributed by atoms with E-state index in [1.807, 2.05) is 31.2 Å². The number of carbonyl (C=O) groups excluding carboxylic acids is 1. The summed E-state index contributed by atoms with van der Waals surface area (Å²) in [6.07, 6.45) is -0.630. The molecular formula is C20H23BrClNO2. The van der Waals surface area contributed by atoms with Gasteiger partial charge in [0, 0.05) is 9.50 Å². The molecule has 3 nitrogen and oxygen atoms in total. The predicted molar refractivity (Wildman–Crippen MR) is 108 cm³/mol. The van der Waals surface area contributed by atoms with Crippen molar-refractivity contribution in [3.8, 4) is 5.75 Å². The highest BCUT2D eigenvalue weighted by molar-refractivity contribution is 9.10. The van der Waals surface area contributed by atoms with Crippen LogP contribution in [0.4, 0.5) is 5.69 Å². The number of rotatable bonds is 4. The van der Waals surface area contributed by atoms with E-state index < -0.39 is 6.10 Å². The van der Waals surface area contributed by atoms with Crippen LogP contribution >= 0.6 is 27.5 Å². The molecule has 0 heterocycles. The van der Waals surface area contributed by atoms with Gasteiger partial charge in [-0.25, -0.2) is 0 Å². The van der Waals surface area contributed by atoms with E-state index in [1.54, 1.807) is 19.1 Å². The number of nitrogens with one attached hydrogen (secondary N) is 1. The molecule has 25 heavy (non-hydrogen) atoms. The van der Waals surface area contributed by atoms with E-state index in [0.717, 1.165) is 15.7 Å². The number of anilines is 1. The highest BCUT2D eigenvalue weighted by Crippen LogP contribution is 2.30. The standard InChI is InChI=1S/C20H23BrClNO2/c1-12-10-15(7-8-17(12)22)25-13(2)19(24)23-18-9-6-14(11-16(18)21)20(3,4)5/h6-11,13H,1-5H3,(H,23,24). The number of benzene rings is 2. The van der Waals surface area contributed by atoms with Gasteiger partial charge in [0.2, 0.25) is 0 Å². The maximum absolute atomic E-state index is 12.4. The maximum atomic E-state index is 12.4.